The average Bonchev–Trinajstić information content (AvgIpc) is 2.68. The third-order valence-corrected chi connectivity index (χ3v) is 4.09. The number of methoxy groups -OCH3 is 1. The van der Waals surface area contributed by atoms with Gasteiger partial charge < -0.3 is 14.2 Å². The van der Waals surface area contributed by atoms with Gasteiger partial charge in [0.2, 0.25) is 0 Å². The van der Waals surface area contributed by atoms with Crippen molar-refractivity contribution in [3.05, 3.63) is 88.9 Å². The van der Waals surface area contributed by atoms with Gasteiger partial charge in [-0.3, -0.25) is 0 Å². The van der Waals surface area contributed by atoms with Crippen molar-refractivity contribution in [1.29, 1.82) is 0 Å². The second-order valence-corrected chi connectivity index (χ2v) is 5.85. The lowest BCUT2D eigenvalue weighted by Crippen LogP contribution is -2.11. The van der Waals surface area contributed by atoms with E-state index in [9.17, 15) is 4.79 Å². The summed E-state index contributed by atoms with van der Waals surface area (Å²) in [5.74, 6) is 1.06. The Balaban J connectivity index is 1.73. The van der Waals surface area contributed by atoms with Crippen LogP contribution in [0.3, 0.4) is 0 Å². The van der Waals surface area contributed by atoms with E-state index in [-0.39, 0.29) is 6.61 Å². The number of benzene rings is 3. The lowest BCUT2D eigenvalue weighted by molar-refractivity contribution is 0.0729. The number of esters is 1. The third-order valence-electron chi connectivity index (χ3n) is 3.72. The molecule has 132 valence electrons. The number of halogens is 1. The van der Waals surface area contributed by atoms with Gasteiger partial charge in [-0.15, -0.1) is 0 Å². The molecule has 26 heavy (non-hydrogen) atoms. The zero-order valence-electron chi connectivity index (χ0n) is 14.1. The van der Waals surface area contributed by atoms with Crippen LogP contribution in [0.1, 0.15) is 15.9 Å². The van der Waals surface area contributed by atoms with Gasteiger partial charge in [0.1, 0.15) is 29.4 Å². The number of hydrogen-bond donors (Lipinski definition) is 0. The number of para-hydroxylation sites is 1. The maximum Gasteiger partial charge on any atom is 0.347 e. The van der Waals surface area contributed by atoms with Gasteiger partial charge in [-0.05, 0) is 42.5 Å². The molecule has 0 N–H and O–H groups in total. The van der Waals surface area contributed by atoms with Crippen LogP contribution >= 0.6 is 11.6 Å². The molecule has 0 aromatic heterocycles. The van der Waals surface area contributed by atoms with Crippen LogP contribution in [0.4, 0.5) is 0 Å². The van der Waals surface area contributed by atoms with Crippen LogP contribution in [0.25, 0.3) is 0 Å². The maximum atomic E-state index is 12.5. The molecule has 3 rings (SSSR count). The molecular weight excluding hydrogens is 352 g/mol. The van der Waals surface area contributed by atoms with Gasteiger partial charge in [-0.1, -0.05) is 41.9 Å². The topological polar surface area (TPSA) is 44.8 Å². The molecule has 0 fully saturated rings. The van der Waals surface area contributed by atoms with Crippen molar-refractivity contribution in [1.82, 2.24) is 0 Å². The van der Waals surface area contributed by atoms with E-state index in [0.29, 0.717) is 27.8 Å². The van der Waals surface area contributed by atoms with Crippen LogP contribution in [0.15, 0.2) is 72.8 Å². The molecule has 0 unspecified atom stereocenters. The number of ether oxygens (including phenoxy) is 3. The minimum atomic E-state index is -0.495. The second-order valence-electron chi connectivity index (χ2n) is 5.44. The molecule has 0 radical (unpaired) electrons. The van der Waals surface area contributed by atoms with Gasteiger partial charge in [0.05, 0.1) is 7.11 Å². The van der Waals surface area contributed by atoms with Gasteiger partial charge in [0, 0.05) is 10.6 Å². The van der Waals surface area contributed by atoms with E-state index in [0.717, 1.165) is 5.56 Å². The van der Waals surface area contributed by atoms with E-state index in [4.69, 9.17) is 25.8 Å². The highest BCUT2D eigenvalue weighted by Gasteiger charge is 2.15. The Morgan fingerprint density at radius 3 is 2.27 bits per heavy atom. The molecule has 0 bridgehead atoms. The molecule has 0 aliphatic rings. The van der Waals surface area contributed by atoms with Crippen LogP contribution in [0.5, 0.6) is 17.2 Å². The summed E-state index contributed by atoms with van der Waals surface area (Å²) < 4.78 is 16.3. The van der Waals surface area contributed by atoms with Crippen molar-refractivity contribution in [2.75, 3.05) is 7.11 Å². The second kappa shape index (κ2) is 8.41. The fourth-order valence-corrected chi connectivity index (χ4v) is 2.53. The minimum Gasteiger partial charge on any atom is -0.497 e. The standard InChI is InChI=1S/C21H17ClO4/c1-24-16-10-12-17(13-11-16)26-21(23)18-7-3-5-9-20(18)25-14-15-6-2-4-8-19(15)22/h2-13H,14H2,1H3. The lowest BCUT2D eigenvalue weighted by atomic mass is 10.2. The van der Waals surface area contributed by atoms with Gasteiger partial charge in [0.15, 0.2) is 0 Å². The van der Waals surface area contributed by atoms with E-state index in [1.165, 1.54) is 0 Å². The van der Waals surface area contributed by atoms with Crippen LogP contribution in [-0.2, 0) is 6.61 Å². The summed E-state index contributed by atoms with van der Waals surface area (Å²) in [7, 11) is 1.58. The fourth-order valence-electron chi connectivity index (χ4n) is 2.34. The molecule has 0 aliphatic carbocycles. The molecule has 0 amide bonds. The third kappa shape index (κ3) is 4.35. The Morgan fingerprint density at radius 2 is 1.54 bits per heavy atom. The largest absolute Gasteiger partial charge is 0.497 e. The first-order valence-electron chi connectivity index (χ1n) is 7.99. The predicted octanol–water partition coefficient (Wildman–Crippen LogP) is 5.15. The summed E-state index contributed by atoms with van der Waals surface area (Å²) in [5, 5.41) is 0.616. The molecule has 5 heteroatoms. The molecule has 0 spiro atoms. The summed E-state index contributed by atoms with van der Waals surface area (Å²) in [6, 6.07) is 21.1. The molecular formula is C21H17ClO4. The van der Waals surface area contributed by atoms with Gasteiger partial charge in [-0.25, -0.2) is 4.79 Å². The van der Waals surface area contributed by atoms with Crippen molar-refractivity contribution in [3.63, 3.8) is 0 Å². The minimum absolute atomic E-state index is 0.256. The summed E-state index contributed by atoms with van der Waals surface area (Å²) >= 11 is 6.14. The number of carbonyl (C=O) groups is 1. The molecule has 0 saturated carbocycles. The van der Waals surface area contributed by atoms with Crippen molar-refractivity contribution >= 4 is 17.6 Å². The average molecular weight is 369 g/mol. The van der Waals surface area contributed by atoms with Crippen LogP contribution in [0, 0.1) is 0 Å². The van der Waals surface area contributed by atoms with Crippen molar-refractivity contribution in [3.8, 4) is 17.2 Å². The summed E-state index contributed by atoms with van der Waals surface area (Å²) in [5.41, 5.74) is 1.18. The highest BCUT2D eigenvalue weighted by molar-refractivity contribution is 6.31. The van der Waals surface area contributed by atoms with E-state index < -0.39 is 5.97 Å². The smallest absolute Gasteiger partial charge is 0.347 e. The van der Waals surface area contributed by atoms with E-state index in [1.807, 2.05) is 18.2 Å². The van der Waals surface area contributed by atoms with Crippen molar-refractivity contribution in [2.24, 2.45) is 0 Å². The van der Waals surface area contributed by atoms with Gasteiger partial charge in [0.25, 0.3) is 0 Å². The highest BCUT2D eigenvalue weighted by atomic mass is 35.5. The van der Waals surface area contributed by atoms with Crippen LogP contribution in [-0.4, -0.2) is 13.1 Å². The quantitative estimate of drug-likeness (QED) is 0.446. The monoisotopic (exact) mass is 368 g/mol. The van der Waals surface area contributed by atoms with Crippen molar-refractivity contribution in [2.45, 2.75) is 6.61 Å². The summed E-state index contributed by atoms with van der Waals surface area (Å²) in [6.07, 6.45) is 0. The summed E-state index contributed by atoms with van der Waals surface area (Å²) in [6.45, 7) is 0.256. The molecule has 0 heterocycles. The maximum absolute atomic E-state index is 12.5. The van der Waals surface area contributed by atoms with Gasteiger partial charge in [-0.2, -0.15) is 0 Å². The highest BCUT2D eigenvalue weighted by Crippen LogP contribution is 2.24. The molecule has 3 aromatic rings. The number of hydrogen-bond acceptors (Lipinski definition) is 4. The van der Waals surface area contributed by atoms with E-state index >= 15 is 0 Å². The van der Waals surface area contributed by atoms with E-state index in [1.54, 1.807) is 61.7 Å². The Kier molecular flexibility index (Phi) is 5.77. The SMILES string of the molecule is COc1ccc(OC(=O)c2ccccc2OCc2ccccc2Cl)cc1. The normalized spacial score (nSPS) is 10.2. The predicted molar refractivity (Wildman–Crippen MR) is 100 cm³/mol. The number of rotatable bonds is 6. The Labute approximate surface area is 156 Å². The zero-order valence-corrected chi connectivity index (χ0v) is 14.9. The first-order valence-corrected chi connectivity index (χ1v) is 8.36. The molecule has 3 aromatic carbocycles. The number of carbonyl (C=O) groups excluding carboxylic acids is 1. The molecule has 0 aliphatic heterocycles. The van der Waals surface area contributed by atoms with E-state index in [2.05, 4.69) is 0 Å². The van der Waals surface area contributed by atoms with Gasteiger partial charge >= 0.3 is 5.97 Å². The Bertz CT molecular complexity index is 891. The lowest BCUT2D eigenvalue weighted by Gasteiger charge is -2.12. The first-order chi connectivity index (χ1) is 12.7. The molecule has 0 atom stereocenters. The first kappa shape index (κ1) is 17.8. The summed E-state index contributed by atoms with van der Waals surface area (Å²) in [4.78, 5) is 12.5. The Morgan fingerprint density at radius 1 is 0.885 bits per heavy atom. The molecule has 4 nitrogen and oxygen atoms in total. The van der Waals surface area contributed by atoms with Crippen LogP contribution < -0.4 is 14.2 Å². The fraction of sp³-hybridized carbons (Fsp3) is 0.0952. The van der Waals surface area contributed by atoms with Crippen molar-refractivity contribution < 1.29 is 19.0 Å². The Hall–Kier alpha value is -2.98. The zero-order chi connectivity index (χ0) is 18.4. The van der Waals surface area contributed by atoms with Crippen LogP contribution in [0.2, 0.25) is 5.02 Å². The molecule has 0 saturated heterocycles.